The minimum atomic E-state index is -0.381. The van der Waals surface area contributed by atoms with Gasteiger partial charge in [0.05, 0.1) is 17.9 Å². The summed E-state index contributed by atoms with van der Waals surface area (Å²) in [5, 5.41) is 0. The van der Waals surface area contributed by atoms with Crippen molar-refractivity contribution in [3.63, 3.8) is 0 Å². The second-order valence-electron chi connectivity index (χ2n) is 4.19. The summed E-state index contributed by atoms with van der Waals surface area (Å²) in [5.41, 5.74) is 1.80. The van der Waals surface area contributed by atoms with Crippen LogP contribution in [-0.4, -0.2) is 24.4 Å². The van der Waals surface area contributed by atoms with Crippen LogP contribution in [0.15, 0.2) is 36.5 Å². The first-order valence-corrected chi connectivity index (χ1v) is 6.31. The van der Waals surface area contributed by atoms with Crippen molar-refractivity contribution < 1.29 is 19.0 Å². The summed E-state index contributed by atoms with van der Waals surface area (Å²) < 4.78 is 15.7. The number of benzene rings is 1. The Hall–Kier alpha value is -2.56. The van der Waals surface area contributed by atoms with E-state index in [2.05, 4.69) is 4.98 Å². The number of rotatable bonds is 3. The molecule has 0 aliphatic carbocycles. The fourth-order valence-corrected chi connectivity index (χ4v) is 2.05. The zero-order valence-electron chi connectivity index (χ0n) is 11.0. The average molecular weight is 271 g/mol. The summed E-state index contributed by atoms with van der Waals surface area (Å²) in [6, 6.07) is 8.88. The summed E-state index contributed by atoms with van der Waals surface area (Å²) in [6.45, 7) is 2.31. The maximum absolute atomic E-state index is 12.0. The predicted molar refractivity (Wildman–Crippen MR) is 71.8 cm³/mol. The molecule has 0 saturated heterocycles. The molecule has 0 radical (unpaired) electrons. The van der Waals surface area contributed by atoms with E-state index >= 15 is 0 Å². The van der Waals surface area contributed by atoms with Crippen LogP contribution in [0.5, 0.6) is 11.5 Å². The van der Waals surface area contributed by atoms with E-state index in [9.17, 15) is 4.79 Å². The molecule has 0 bridgehead atoms. The number of ether oxygens (including phenoxy) is 3. The average Bonchev–Trinajstić information content (AvgIpc) is 2.95. The number of fused-ring (bicyclic) bond motifs is 1. The molecule has 0 saturated carbocycles. The Labute approximate surface area is 116 Å². The van der Waals surface area contributed by atoms with E-state index in [4.69, 9.17) is 14.2 Å². The first-order chi connectivity index (χ1) is 9.79. The number of pyridine rings is 1. The second kappa shape index (κ2) is 5.21. The minimum Gasteiger partial charge on any atom is -0.462 e. The molecule has 3 rings (SSSR count). The highest BCUT2D eigenvalue weighted by Gasteiger charge is 2.18. The molecule has 0 spiro atoms. The fraction of sp³-hybridized carbons (Fsp3) is 0.200. The van der Waals surface area contributed by atoms with Crippen LogP contribution in [0.25, 0.3) is 11.3 Å². The molecule has 5 nitrogen and oxygen atoms in total. The zero-order valence-corrected chi connectivity index (χ0v) is 11.0. The van der Waals surface area contributed by atoms with Crippen LogP contribution in [0.2, 0.25) is 0 Å². The molecule has 0 atom stereocenters. The van der Waals surface area contributed by atoms with Crippen molar-refractivity contribution >= 4 is 5.97 Å². The lowest BCUT2D eigenvalue weighted by Gasteiger charge is -2.08. The van der Waals surface area contributed by atoms with Gasteiger partial charge in [-0.3, -0.25) is 4.98 Å². The van der Waals surface area contributed by atoms with Crippen molar-refractivity contribution in [3.05, 3.63) is 42.1 Å². The first-order valence-electron chi connectivity index (χ1n) is 6.31. The van der Waals surface area contributed by atoms with Gasteiger partial charge in [-0.1, -0.05) is 0 Å². The van der Waals surface area contributed by atoms with Gasteiger partial charge in [0, 0.05) is 11.8 Å². The molecule has 0 amide bonds. The van der Waals surface area contributed by atoms with Crippen molar-refractivity contribution in [2.24, 2.45) is 0 Å². The molecule has 1 aromatic carbocycles. The van der Waals surface area contributed by atoms with Crippen molar-refractivity contribution in [2.45, 2.75) is 6.92 Å². The molecule has 5 heteroatoms. The second-order valence-corrected chi connectivity index (χ2v) is 4.19. The van der Waals surface area contributed by atoms with Crippen LogP contribution in [0, 0.1) is 0 Å². The fourth-order valence-electron chi connectivity index (χ4n) is 2.05. The Balaban J connectivity index is 2.04. The zero-order chi connectivity index (χ0) is 13.9. The topological polar surface area (TPSA) is 57.7 Å². The van der Waals surface area contributed by atoms with E-state index in [1.807, 2.05) is 12.1 Å². The van der Waals surface area contributed by atoms with Gasteiger partial charge in [-0.2, -0.15) is 0 Å². The quantitative estimate of drug-likeness (QED) is 0.803. The predicted octanol–water partition coefficient (Wildman–Crippen LogP) is 2.65. The van der Waals surface area contributed by atoms with Gasteiger partial charge in [-0.25, -0.2) is 4.79 Å². The Kier molecular flexibility index (Phi) is 3.25. The van der Waals surface area contributed by atoms with Crippen molar-refractivity contribution in [1.82, 2.24) is 4.98 Å². The lowest BCUT2D eigenvalue weighted by atomic mass is 10.1. The number of hydrogen-bond donors (Lipinski definition) is 0. The lowest BCUT2D eigenvalue weighted by molar-refractivity contribution is 0.0527. The monoisotopic (exact) mass is 271 g/mol. The van der Waals surface area contributed by atoms with Crippen LogP contribution in [-0.2, 0) is 4.74 Å². The van der Waals surface area contributed by atoms with Gasteiger partial charge in [0.15, 0.2) is 11.5 Å². The SMILES string of the molecule is CCOC(=O)c1cccnc1-c1ccc2c(c1)OCO2. The van der Waals surface area contributed by atoms with Gasteiger partial charge >= 0.3 is 5.97 Å². The lowest BCUT2D eigenvalue weighted by Crippen LogP contribution is -2.07. The number of carbonyl (C=O) groups excluding carboxylic acids is 1. The number of hydrogen-bond acceptors (Lipinski definition) is 5. The molecule has 1 aliphatic rings. The Morgan fingerprint density at radius 3 is 3.00 bits per heavy atom. The molecule has 102 valence electrons. The first kappa shape index (κ1) is 12.5. The Morgan fingerprint density at radius 2 is 2.15 bits per heavy atom. The third-order valence-corrected chi connectivity index (χ3v) is 2.95. The molecule has 20 heavy (non-hydrogen) atoms. The number of esters is 1. The largest absolute Gasteiger partial charge is 0.462 e. The summed E-state index contributed by atoms with van der Waals surface area (Å²) in [6.07, 6.45) is 1.64. The third-order valence-electron chi connectivity index (χ3n) is 2.95. The molecule has 0 fully saturated rings. The molecular weight excluding hydrogens is 258 g/mol. The van der Waals surface area contributed by atoms with Crippen LogP contribution >= 0.6 is 0 Å². The van der Waals surface area contributed by atoms with Gasteiger partial charge in [0.2, 0.25) is 6.79 Å². The van der Waals surface area contributed by atoms with E-state index in [-0.39, 0.29) is 12.8 Å². The van der Waals surface area contributed by atoms with E-state index < -0.39 is 0 Å². The summed E-state index contributed by atoms with van der Waals surface area (Å²) in [4.78, 5) is 16.2. The highest BCUT2D eigenvalue weighted by Crippen LogP contribution is 2.36. The molecule has 0 N–H and O–H groups in total. The van der Waals surface area contributed by atoms with Gasteiger partial charge in [0.25, 0.3) is 0 Å². The third kappa shape index (κ3) is 2.18. The smallest absolute Gasteiger partial charge is 0.340 e. The van der Waals surface area contributed by atoms with Crippen LogP contribution < -0.4 is 9.47 Å². The molecule has 2 aromatic rings. The van der Waals surface area contributed by atoms with Crippen LogP contribution in [0.3, 0.4) is 0 Å². The maximum Gasteiger partial charge on any atom is 0.340 e. The summed E-state index contributed by atoms with van der Waals surface area (Å²) in [7, 11) is 0. The number of carbonyl (C=O) groups is 1. The molecule has 1 aliphatic heterocycles. The van der Waals surface area contributed by atoms with Gasteiger partial charge in [-0.05, 0) is 37.3 Å². The minimum absolute atomic E-state index is 0.214. The van der Waals surface area contributed by atoms with Crippen molar-refractivity contribution in [3.8, 4) is 22.8 Å². The van der Waals surface area contributed by atoms with E-state index in [0.717, 1.165) is 5.56 Å². The maximum atomic E-state index is 12.0. The molecular formula is C15H13NO4. The van der Waals surface area contributed by atoms with E-state index in [1.54, 1.807) is 31.3 Å². The van der Waals surface area contributed by atoms with Gasteiger partial charge < -0.3 is 14.2 Å². The van der Waals surface area contributed by atoms with Gasteiger partial charge in [0.1, 0.15) is 0 Å². The standard InChI is InChI=1S/C15H13NO4/c1-2-18-15(17)11-4-3-7-16-14(11)10-5-6-12-13(8-10)20-9-19-12/h3-8H,2,9H2,1H3. The Morgan fingerprint density at radius 1 is 1.30 bits per heavy atom. The highest BCUT2D eigenvalue weighted by atomic mass is 16.7. The van der Waals surface area contributed by atoms with Crippen LogP contribution in [0.4, 0.5) is 0 Å². The summed E-state index contributed by atoms with van der Waals surface area (Å²) >= 11 is 0. The molecule has 0 unspecified atom stereocenters. The molecule has 1 aromatic heterocycles. The van der Waals surface area contributed by atoms with Gasteiger partial charge in [-0.15, -0.1) is 0 Å². The van der Waals surface area contributed by atoms with Crippen LogP contribution in [0.1, 0.15) is 17.3 Å². The Bertz CT molecular complexity index is 654. The molecule has 2 heterocycles. The van der Waals surface area contributed by atoms with Crippen molar-refractivity contribution in [2.75, 3.05) is 13.4 Å². The van der Waals surface area contributed by atoms with Crippen molar-refractivity contribution in [1.29, 1.82) is 0 Å². The highest BCUT2D eigenvalue weighted by molar-refractivity contribution is 5.96. The number of aromatic nitrogens is 1. The normalized spacial score (nSPS) is 12.2. The van der Waals surface area contributed by atoms with E-state index in [1.165, 1.54) is 0 Å². The number of nitrogens with zero attached hydrogens (tertiary/aromatic N) is 1. The summed E-state index contributed by atoms with van der Waals surface area (Å²) in [5.74, 6) is 0.971. The van der Waals surface area contributed by atoms with E-state index in [0.29, 0.717) is 29.4 Å².